The van der Waals surface area contributed by atoms with E-state index in [1.54, 1.807) is 17.0 Å². The number of pyridine rings is 1. The molecule has 0 aliphatic heterocycles. The summed E-state index contributed by atoms with van der Waals surface area (Å²) >= 11 is 6.11. The van der Waals surface area contributed by atoms with Crippen molar-refractivity contribution in [1.29, 1.82) is 0 Å². The number of nitrogens with zero attached hydrogens (tertiary/aromatic N) is 4. The first kappa shape index (κ1) is 13.5. The molecule has 21 heavy (non-hydrogen) atoms. The number of fused-ring (bicyclic) bond motifs is 1. The molecule has 0 aliphatic rings. The lowest BCUT2D eigenvalue weighted by atomic mass is 10.1. The fourth-order valence-electron chi connectivity index (χ4n) is 1.99. The first-order chi connectivity index (χ1) is 10.1. The van der Waals surface area contributed by atoms with Gasteiger partial charge in [-0.25, -0.2) is 4.98 Å². The van der Waals surface area contributed by atoms with E-state index in [4.69, 9.17) is 11.6 Å². The van der Waals surface area contributed by atoms with Gasteiger partial charge in [0.2, 0.25) is 0 Å². The number of hydrogen-bond acceptors (Lipinski definition) is 4. The Bertz CT molecular complexity index is 814. The molecule has 0 unspecified atom stereocenters. The zero-order valence-corrected chi connectivity index (χ0v) is 12.0. The van der Waals surface area contributed by atoms with Gasteiger partial charge in [-0.2, -0.15) is 0 Å². The SMILES string of the molecule is Cn1cnnc1CNC(=O)c1cc2ccccc2c(Cl)n1. The lowest BCUT2D eigenvalue weighted by molar-refractivity contribution is 0.0945. The van der Waals surface area contributed by atoms with E-state index in [-0.39, 0.29) is 18.1 Å². The van der Waals surface area contributed by atoms with Crippen LogP contribution in [0.5, 0.6) is 0 Å². The van der Waals surface area contributed by atoms with Gasteiger partial charge in [0.1, 0.15) is 17.2 Å². The van der Waals surface area contributed by atoms with Crippen LogP contribution in [0.2, 0.25) is 5.15 Å². The first-order valence-corrected chi connectivity index (χ1v) is 6.69. The second-order valence-electron chi connectivity index (χ2n) is 4.56. The van der Waals surface area contributed by atoms with Crippen LogP contribution >= 0.6 is 11.6 Å². The minimum atomic E-state index is -0.300. The Kier molecular flexibility index (Phi) is 3.53. The zero-order valence-electron chi connectivity index (χ0n) is 11.2. The summed E-state index contributed by atoms with van der Waals surface area (Å²) in [7, 11) is 1.81. The number of aromatic nitrogens is 4. The number of nitrogens with one attached hydrogen (secondary N) is 1. The van der Waals surface area contributed by atoms with Crippen molar-refractivity contribution in [3.8, 4) is 0 Å². The van der Waals surface area contributed by atoms with Gasteiger partial charge in [-0.1, -0.05) is 35.9 Å². The van der Waals surface area contributed by atoms with Crippen LogP contribution in [0, 0.1) is 0 Å². The molecule has 106 valence electrons. The van der Waals surface area contributed by atoms with Crippen LogP contribution in [0.3, 0.4) is 0 Å². The molecule has 1 N–H and O–H groups in total. The average Bonchev–Trinajstić information content (AvgIpc) is 2.90. The molecular weight excluding hydrogens is 290 g/mol. The van der Waals surface area contributed by atoms with E-state index < -0.39 is 0 Å². The van der Waals surface area contributed by atoms with Gasteiger partial charge < -0.3 is 9.88 Å². The summed E-state index contributed by atoms with van der Waals surface area (Å²) in [4.78, 5) is 16.3. The number of benzene rings is 1. The van der Waals surface area contributed by atoms with Crippen molar-refractivity contribution in [2.75, 3.05) is 0 Å². The minimum Gasteiger partial charge on any atom is -0.343 e. The average molecular weight is 302 g/mol. The van der Waals surface area contributed by atoms with Gasteiger partial charge >= 0.3 is 0 Å². The third kappa shape index (κ3) is 2.71. The maximum absolute atomic E-state index is 12.2. The summed E-state index contributed by atoms with van der Waals surface area (Å²) < 4.78 is 1.74. The Balaban J connectivity index is 1.83. The predicted octanol–water partition coefficient (Wildman–Crippen LogP) is 1.95. The van der Waals surface area contributed by atoms with E-state index in [1.807, 2.05) is 31.3 Å². The number of aryl methyl sites for hydroxylation is 1. The first-order valence-electron chi connectivity index (χ1n) is 6.31. The molecule has 2 aromatic heterocycles. The number of carbonyl (C=O) groups excluding carboxylic acids is 1. The fourth-order valence-corrected chi connectivity index (χ4v) is 2.25. The smallest absolute Gasteiger partial charge is 0.270 e. The van der Waals surface area contributed by atoms with Gasteiger partial charge in [-0.15, -0.1) is 10.2 Å². The van der Waals surface area contributed by atoms with Crippen LogP contribution in [-0.2, 0) is 13.6 Å². The van der Waals surface area contributed by atoms with E-state index in [0.29, 0.717) is 11.0 Å². The van der Waals surface area contributed by atoms with Crippen molar-refractivity contribution < 1.29 is 4.79 Å². The number of rotatable bonds is 3. The molecule has 0 saturated heterocycles. The maximum atomic E-state index is 12.2. The van der Waals surface area contributed by atoms with Gasteiger partial charge in [0, 0.05) is 12.4 Å². The number of halogens is 1. The lowest BCUT2D eigenvalue weighted by Crippen LogP contribution is -2.25. The molecule has 1 amide bonds. The molecule has 0 bridgehead atoms. The highest BCUT2D eigenvalue weighted by Gasteiger charge is 2.12. The lowest BCUT2D eigenvalue weighted by Gasteiger charge is -2.06. The highest BCUT2D eigenvalue weighted by atomic mass is 35.5. The molecule has 6 nitrogen and oxygen atoms in total. The molecule has 0 spiro atoms. The molecule has 3 aromatic rings. The largest absolute Gasteiger partial charge is 0.343 e. The van der Waals surface area contributed by atoms with Gasteiger partial charge in [-0.3, -0.25) is 4.79 Å². The van der Waals surface area contributed by atoms with E-state index >= 15 is 0 Å². The van der Waals surface area contributed by atoms with Gasteiger partial charge in [0.15, 0.2) is 5.82 Å². The molecular formula is C14H12ClN5O. The standard InChI is InChI=1S/C14H12ClN5O/c1-20-8-17-19-12(20)7-16-14(21)11-6-9-4-2-3-5-10(9)13(15)18-11/h2-6,8H,7H2,1H3,(H,16,21). The quantitative estimate of drug-likeness (QED) is 0.750. The molecule has 0 saturated carbocycles. The predicted molar refractivity (Wildman–Crippen MR) is 78.9 cm³/mol. The van der Waals surface area contributed by atoms with Crippen molar-refractivity contribution in [1.82, 2.24) is 25.1 Å². The van der Waals surface area contributed by atoms with Crippen LogP contribution in [0.4, 0.5) is 0 Å². The van der Waals surface area contributed by atoms with Crippen molar-refractivity contribution in [2.45, 2.75) is 6.54 Å². The summed E-state index contributed by atoms with van der Waals surface area (Å²) in [5.74, 6) is 0.362. The number of hydrogen-bond donors (Lipinski definition) is 1. The van der Waals surface area contributed by atoms with Gasteiger partial charge in [-0.05, 0) is 11.5 Å². The van der Waals surface area contributed by atoms with Crippen molar-refractivity contribution in [2.24, 2.45) is 7.05 Å². The second-order valence-corrected chi connectivity index (χ2v) is 4.92. The monoisotopic (exact) mass is 301 g/mol. The Morgan fingerprint density at radius 2 is 2.19 bits per heavy atom. The summed E-state index contributed by atoms with van der Waals surface area (Å²) in [6, 6.07) is 9.24. The third-order valence-corrected chi connectivity index (χ3v) is 3.43. The van der Waals surface area contributed by atoms with Crippen molar-refractivity contribution >= 4 is 28.3 Å². The molecule has 0 fully saturated rings. The molecule has 2 heterocycles. The van der Waals surface area contributed by atoms with E-state index in [9.17, 15) is 4.79 Å². The summed E-state index contributed by atoms with van der Waals surface area (Å²) in [5, 5.41) is 12.4. The Labute approximate surface area is 125 Å². The van der Waals surface area contributed by atoms with Crippen molar-refractivity contribution in [3.63, 3.8) is 0 Å². The number of amides is 1. The van der Waals surface area contributed by atoms with Gasteiger partial charge in [0.25, 0.3) is 5.91 Å². The molecule has 0 atom stereocenters. The van der Waals surface area contributed by atoms with Crippen LogP contribution in [0.25, 0.3) is 10.8 Å². The molecule has 0 radical (unpaired) electrons. The van der Waals surface area contributed by atoms with Gasteiger partial charge in [0.05, 0.1) is 6.54 Å². The minimum absolute atomic E-state index is 0.279. The third-order valence-electron chi connectivity index (χ3n) is 3.14. The van der Waals surface area contributed by atoms with Crippen LogP contribution in [0.1, 0.15) is 16.3 Å². The second kappa shape index (κ2) is 5.49. The Morgan fingerprint density at radius 3 is 2.95 bits per heavy atom. The fraction of sp³-hybridized carbons (Fsp3) is 0.143. The highest BCUT2D eigenvalue weighted by Crippen LogP contribution is 2.22. The number of carbonyl (C=O) groups is 1. The topological polar surface area (TPSA) is 72.7 Å². The maximum Gasteiger partial charge on any atom is 0.270 e. The van der Waals surface area contributed by atoms with Crippen LogP contribution < -0.4 is 5.32 Å². The zero-order chi connectivity index (χ0) is 14.8. The summed E-state index contributed by atoms with van der Waals surface area (Å²) in [5.41, 5.74) is 0.279. The molecule has 7 heteroatoms. The molecule has 1 aromatic carbocycles. The molecule has 0 aliphatic carbocycles. The van der Waals surface area contributed by atoms with Crippen molar-refractivity contribution in [3.05, 3.63) is 53.3 Å². The van der Waals surface area contributed by atoms with Crippen LogP contribution in [-0.4, -0.2) is 25.7 Å². The summed E-state index contributed by atoms with van der Waals surface area (Å²) in [6.45, 7) is 0.279. The van der Waals surface area contributed by atoms with Crippen LogP contribution in [0.15, 0.2) is 36.7 Å². The van der Waals surface area contributed by atoms with E-state index in [0.717, 1.165) is 10.8 Å². The van der Waals surface area contributed by atoms with E-state index in [1.165, 1.54) is 0 Å². The van der Waals surface area contributed by atoms with E-state index in [2.05, 4.69) is 20.5 Å². The molecule has 3 rings (SSSR count). The Hall–Kier alpha value is -2.47. The Morgan fingerprint density at radius 1 is 1.38 bits per heavy atom. The summed E-state index contributed by atoms with van der Waals surface area (Å²) in [6.07, 6.45) is 1.58. The highest BCUT2D eigenvalue weighted by molar-refractivity contribution is 6.34. The normalized spacial score (nSPS) is 10.8.